The molecule has 1 aromatic rings. The Bertz CT molecular complexity index is 350. The third-order valence-electron chi connectivity index (χ3n) is 2.86. The summed E-state index contributed by atoms with van der Waals surface area (Å²) in [5.41, 5.74) is 1.69. The molecular weight excluding hydrogens is 178 g/mol. The second-order valence-electron chi connectivity index (χ2n) is 3.77. The number of aromatic nitrogens is 2. The van der Waals surface area contributed by atoms with Gasteiger partial charge in [0.25, 0.3) is 5.91 Å². The second kappa shape index (κ2) is 3.44. The van der Waals surface area contributed by atoms with Crippen molar-refractivity contribution in [3.63, 3.8) is 0 Å². The predicted molar refractivity (Wildman–Crippen MR) is 53.1 cm³/mol. The molecule has 1 fully saturated rings. The molecule has 2 rings (SSSR count). The van der Waals surface area contributed by atoms with Crippen molar-refractivity contribution in [3.8, 4) is 0 Å². The average Bonchev–Trinajstić information content (AvgIpc) is 2.77. The highest BCUT2D eigenvalue weighted by atomic mass is 16.2. The number of likely N-dealkylation sites (tertiary alicyclic amines) is 1. The van der Waals surface area contributed by atoms with Crippen LogP contribution in [-0.2, 0) is 7.05 Å². The molecule has 0 aliphatic carbocycles. The molecule has 1 saturated heterocycles. The van der Waals surface area contributed by atoms with Crippen LogP contribution >= 0.6 is 0 Å². The smallest absolute Gasteiger partial charge is 0.257 e. The number of amides is 1. The summed E-state index contributed by atoms with van der Waals surface area (Å²) < 4.78 is 1.74. The standard InChI is InChI=1S/C10H15N3O/c1-8-9(7-11-12(8)2)10(14)13-5-3-4-6-13/h7H,3-6H2,1-2H3. The average molecular weight is 193 g/mol. The number of aryl methyl sites for hydroxylation is 1. The lowest BCUT2D eigenvalue weighted by Crippen LogP contribution is -2.27. The Kier molecular flexibility index (Phi) is 2.27. The van der Waals surface area contributed by atoms with Crippen LogP contribution in [0.25, 0.3) is 0 Å². The number of hydrogen-bond donors (Lipinski definition) is 0. The van der Waals surface area contributed by atoms with Crippen LogP contribution in [0.3, 0.4) is 0 Å². The van der Waals surface area contributed by atoms with Gasteiger partial charge in [0.05, 0.1) is 11.8 Å². The van der Waals surface area contributed by atoms with Crippen molar-refractivity contribution in [2.45, 2.75) is 19.8 Å². The molecule has 14 heavy (non-hydrogen) atoms. The summed E-state index contributed by atoms with van der Waals surface area (Å²) in [7, 11) is 1.86. The number of rotatable bonds is 1. The molecule has 1 amide bonds. The molecule has 0 radical (unpaired) electrons. The molecule has 0 atom stereocenters. The monoisotopic (exact) mass is 193 g/mol. The summed E-state index contributed by atoms with van der Waals surface area (Å²) in [5.74, 6) is 0.133. The number of carbonyl (C=O) groups excluding carboxylic acids is 1. The number of carbonyl (C=O) groups is 1. The van der Waals surface area contributed by atoms with Gasteiger partial charge in [-0.2, -0.15) is 5.10 Å². The third-order valence-corrected chi connectivity index (χ3v) is 2.86. The maximum absolute atomic E-state index is 12.0. The first kappa shape index (κ1) is 9.24. The molecule has 1 aliphatic rings. The molecule has 1 aromatic heterocycles. The molecule has 2 heterocycles. The zero-order valence-corrected chi connectivity index (χ0v) is 8.66. The zero-order chi connectivity index (χ0) is 10.1. The van der Waals surface area contributed by atoms with Crippen LogP contribution < -0.4 is 0 Å². The van der Waals surface area contributed by atoms with Gasteiger partial charge >= 0.3 is 0 Å². The fourth-order valence-corrected chi connectivity index (χ4v) is 1.80. The quantitative estimate of drug-likeness (QED) is 0.666. The molecule has 1 aliphatic heterocycles. The van der Waals surface area contributed by atoms with Gasteiger partial charge in [0.15, 0.2) is 0 Å². The normalized spacial score (nSPS) is 16.3. The van der Waals surface area contributed by atoms with E-state index in [2.05, 4.69) is 5.10 Å². The minimum Gasteiger partial charge on any atom is -0.339 e. The van der Waals surface area contributed by atoms with Crippen LogP contribution in [-0.4, -0.2) is 33.7 Å². The van der Waals surface area contributed by atoms with Crippen molar-refractivity contribution in [2.75, 3.05) is 13.1 Å². The Hall–Kier alpha value is -1.32. The lowest BCUT2D eigenvalue weighted by Gasteiger charge is -2.14. The van der Waals surface area contributed by atoms with Gasteiger partial charge in [-0.1, -0.05) is 0 Å². The molecule has 0 aromatic carbocycles. The van der Waals surface area contributed by atoms with E-state index >= 15 is 0 Å². The molecule has 4 heteroatoms. The van der Waals surface area contributed by atoms with Crippen LogP contribution in [0, 0.1) is 6.92 Å². The van der Waals surface area contributed by atoms with Crippen LogP contribution in [0.1, 0.15) is 28.9 Å². The van der Waals surface area contributed by atoms with Gasteiger partial charge in [-0.05, 0) is 19.8 Å². The highest BCUT2D eigenvalue weighted by Crippen LogP contribution is 2.14. The highest BCUT2D eigenvalue weighted by Gasteiger charge is 2.22. The molecular formula is C10H15N3O. The lowest BCUT2D eigenvalue weighted by atomic mass is 10.2. The molecule has 0 unspecified atom stereocenters. The topological polar surface area (TPSA) is 38.1 Å². The van der Waals surface area contributed by atoms with Gasteiger partial charge in [0.1, 0.15) is 0 Å². The van der Waals surface area contributed by atoms with E-state index in [0.29, 0.717) is 0 Å². The largest absolute Gasteiger partial charge is 0.339 e. The fraction of sp³-hybridized carbons (Fsp3) is 0.600. The van der Waals surface area contributed by atoms with Gasteiger partial charge in [0.2, 0.25) is 0 Å². The first-order valence-corrected chi connectivity index (χ1v) is 4.98. The van der Waals surface area contributed by atoms with Crippen molar-refractivity contribution in [3.05, 3.63) is 17.5 Å². The summed E-state index contributed by atoms with van der Waals surface area (Å²) in [6.45, 7) is 3.72. The Morgan fingerprint density at radius 3 is 2.57 bits per heavy atom. The van der Waals surface area contributed by atoms with Crippen LogP contribution in [0.15, 0.2) is 6.20 Å². The van der Waals surface area contributed by atoms with E-state index in [-0.39, 0.29) is 5.91 Å². The minimum atomic E-state index is 0.133. The summed E-state index contributed by atoms with van der Waals surface area (Å²) in [6.07, 6.45) is 3.92. The van der Waals surface area contributed by atoms with Crippen molar-refractivity contribution in [1.82, 2.24) is 14.7 Å². The first-order valence-electron chi connectivity index (χ1n) is 4.98. The van der Waals surface area contributed by atoms with E-state index in [1.807, 2.05) is 18.9 Å². The predicted octanol–water partition coefficient (Wildman–Crippen LogP) is 0.965. The highest BCUT2D eigenvalue weighted by molar-refractivity contribution is 5.95. The lowest BCUT2D eigenvalue weighted by molar-refractivity contribution is 0.0792. The van der Waals surface area contributed by atoms with Crippen LogP contribution in [0.2, 0.25) is 0 Å². The SMILES string of the molecule is Cc1c(C(=O)N2CCCC2)cnn1C. The van der Waals surface area contributed by atoms with E-state index in [1.165, 1.54) is 0 Å². The van der Waals surface area contributed by atoms with Crippen LogP contribution in [0.5, 0.6) is 0 Å². The van der Waals surface area contributed by atoms with E-state index in [0.717, 1.165) is 37.2 Å². The molecule has 0 N–H and O–H groups in total. The molecule has 4 nitrogen and oxygen atoms in total. The maximum atomic E-state index is 12.0. The van der Waals surface area contributed by atoms with Crippen molar-refractivity contribution < 1.29 is 4.79 Å². The number of hydrogen-bond acceptors (Lipinski definition) is 2. The zero-order valence-electron chi connectivity index (χ0n) is 8.66. The summed E-state index contributed by atoms with van der Waals surface area (Å²) >= 11 is 0. The summed E-state index contributed by atoms with van der Waals surface area (Å²) in [6, 6.07) is 0. The fourth-order valence-electron chi connectivity index (χ4n) is 1.80. The van der Waals surface area contributed by atoms with E-state index in [9.17, 15) is 4.79 Å². The third kappa shape index (κ3) is 1.41. The second-order valence-corrected chi connectivity index (χ2v) is 3.77. The van der Waals surface area contributed by atoms with Gasteiger partial charge in [0, 0.05) is 25.8 Å². The van der Waals surface area contributed by atoms with Crippen molar-refractivity contribution >= 4 is 5.91 Å². The Labute approximate surface area is 83.5 Å². The molecule has 0 bridgehead atoms. The van der Waals surface area contributed by atoms with E-state index < -0.39 is 0 Å². The summed E-state index contributed by atoms with van der Waals surface area (Å²) in [5, 5.41) is 4.08. The molecule has 0 saturated carbocycles. The summed E-state index contributed by atoms with van der Waals surface area (Å²) in [4.78, 5) is 13.9. The van der Waals surface area contributed by atoms with Gasteiger partial charge in [-0.25, -0.2) is 0 Å². The molecule has 0 spiro atoms. The minimum absolute atomic E-state index is 0.133. The van der Waals surface area contributed by atoms with Crippen molar-refractivity contribution in [2.24, 2.45) is 7.05 Å². The van der Waals surface area contributed by atoms with Crippen LogP contribution in [0.4, 0.5) is 0 Å². The van der Waals surface area contributed by atoms with Gasteiger partial charge < -0.3 is 4.90 Å². The molecule has 76 valence electrons. The Morgan fingerprint density at radius 1 is 1.43 bits per heavy atom. The Balaban J connectivity index is 2.22. The van der Waals surface area contributed by atoms with Gasteiger partial charge in [-0.15, -0.1) is 0 Å². The number of nitrogens with zero attached hydrogens (tertiary/aromatic N) is 3. The maximum Gasteiger partial charge on any atom is 0.257 e. The van der Waals surface area contributed by atoms with Crippen molar-refractivity contribution in [1.29, 1.82) is 0 Å². The first-order chi connectivity index (χ1) is 6.70. The van der Waals surface area contributed by atoms with Gasteiger partial charge in [-0.3, -0.25) is 9.48 Å². The van der Waals surface area contributed by atoms with E-state index in [4.69, 9.17) is 0 Å². The Morgan fingerprint density at radius 2 is 2.07 bits per heavy atom. The van der Waals surface area contributed by atoms with E-state index in [1.54, 1.807) is 10.9 Å².